The molecule has 0 fully saturated rings. The molecular weight excluding hydrogens is 472 g/mol. The van der Waals surface area contributed by atoms with Crippen LogP contribution in [0.2, 0.25) is 0 Å². The minimum absolute atomic E-state index is 0.0337. The first kappa shape index (κ1) is 23.6. The van der Waals surface area contributed by atoms with Gasteiger partial charge in [-0.15, -0.1) is 11.3 Å². The fourth-order valence-electron chi connectivity index (χ4n) is 4.36. The van der Waals surface area contributed by atoms with E-state index in [9.17, 15) is 4.79 Å². The Morgan fingerprint density at radius 3 is 2.54 bits per heavy atom. The van der Waals surface area contributed by atoms with E-state index in [-0.39, 0.29) is 5.91 Å². The third-order valence-corrected chi connectivity index (χ3v) is 8.11. The molecule has 178 valence electrons. The van der Waals surface area contributed by atoms with Gasteiger partial charge in [0, 0.05) is 11.9 Å². The smallest absolute Gasteiger partial charge is 0.260 e. The van der Waals surface area contributed by atoms with Crippen LogP contribution in [-0.2, 0) is 0 Å². The van der Waals surface area contributed by atoms with Gasteiger partial charge in [-0.3, -0.25) is 9.69 Å². The average molecular weight is 501 g/mol. The SMILES string of the molecule is Cc1cc(C)c2sc(N(CCCN(C)C)C(=O)c3cc(-c4cccs4)nc4ccccc34)nc2c1. The second kappa shape index (κ2) is 9.85. The predicted octanol–water partition coefficient (Wildman–Crippen LogP) is 6.79. The largest absolute Gasteiger partial charge is 0.309 e. The molecule has 0 N–H and O–H groups in total. The maximum atomic E-state index is 14.2. The molecule has 35 heavy (non-hydrogen) atoms. The monoisotopic (exact) mass is 500 g/mol. The van der Waals surface area contributed by atoms with Gasteiger partial charge in [-0.05, 0) is 81.7 Å². The van der Waals surface area contributed by atoms with Crippen LogP contribution in [0, 0.1) is 13.8 Å². The van der Waals surface area contributed by atoms with Crippen LogP contribution in [0.1, 0.15) is 27.9 Å². The Bertz CT molecular complexity index is 1500. The zero-order chi connectivity index (χ0) is 24.5. The quantitative estimate of drug-likeness (QED) is 0.247. The van der Waals surface area contributed by atoms with E-state index < -0.39 is 0 Å². The van der Waals surface area contributed by atoms with Crippen LogP contribution in [0.25, 0.3) is 31.7 Å². The highest BCUT2D eigenvalue weighted by atomic mass is 32.1. The number of anilines is 1. The molecule has 5 nitrogen and oxygen atoms in total. The van der Waals surface area contributed by atoms with Crippen LogP contribution in [-0.4, -0.2) is 48.0 Å². The summed E-state index contributed by atoms with van der Waals surface area (Å²) in [6, 6.07) is 18.2. The number of benzene rings is 2. The van der Waals surface area contributed by atoms with Crippen LogP contribution in [0.5, 0.6) is 0 Å². The predicted molar refractivity (Wildman–Crippen MR) is 149 cm³/mol. The number of carbonyl (C=O) groups is 1. The van der Waals surface area contributed by atoms with E-state index in [1.165, 1.54) is 11.1 Å². The normalized spacial score (nSPS) is 11.6. The van der Waals surface area contributed by atoms with Crippen molar-refractivity contribution in [2.75, 3.05) is 32.1 Å². The summed E-state index contributed by atoms with van der Waals surface area (Å²) in [5.74, 6) is -0.0337. The lowest BCUT2D eigenvalue weighted by Crippen LogP contribution is -2.33. The van der Waals surface area contributed by atoms with Crippen molar-refractivity contribution >= 4 is 54.8 Å². The molecule has 0 saturated carbocycles. The molecule has 5 aromatic rings. The van der Waals surface area contributed by atoms with Gasteiger partial charge in [-0.1, -0.05) is 41.7 Å². The number of fused-ring (bicyclic) bond motifs is 2. The molecule has 0 atom stereocenters. The van der Waals surface area contributed by atoms with Crippen molar-refractivity contribution in [3.8, 4) is 10.6 Å². The van der Waals surface area contributed by atoms with Crippen molar-refractivity contribution < 1.29 is 4.79 Å². The van der Waals surface area contributed by atoms with Crippen LogP contribution in [0.4, 0.5) is 5.13 Å². The molecule has 3 heterocycles. The summed E-state index contributed by atoms with van der Waals surface area (Å²) in [5, 5.41) is 3.65. The molecule has 7 heteroatoms. The average Bonchev–Trinajstić information content (AvgIpc) is 3.51. The van der Waals surface area contributed by atoms with Crippen molar-refractivity contribution in [3.63, 3.8) is 0 Å². The minimum Gasteiger partial charge on any atom is -0.309 e. The maximum Gasteiger partial charge on any atom is 0.260 e. The van der Waals surface area contributed by atoms with E-state index in [0.717, 1.165) is 49.8 Å². The lowest BCUT2D eigenvalue weighted by molar-refractivity contribution is 0.0987. The first-order valence-corrected chi connectivity index (χ1v) is 13.4. The highest BCUT2D eigenvalue weighted by Crippen LogP contribution is 2.34. The molecule has 0 saturated heterocycles. The number of para-hydroxylation sites is 1. The van der Waals surface area contributed by atoms with Crippen LogP contribution in [0.15, 0.2) is 60.0 Å². The van der Waals surface area contributed by atoms with Gasteiger partial charge in [-0.25, -0.2) is 9.97 Å². The summed E-state index contributed by atoms with van der Waals surface area (Å²) in [6.07, 6.45) is 0.855. The molecule has 0 spiro atoms. The zero-order valence-electron chi connectivity index (χ0n) is 20.4. The van der Waals surface area contributed by atoms with Gasteiger partial charge in [0.15, 0.2) is 5.13 Å². The molecule has 5 rings (SSSR count). The molecule has 0 aliphatic carbocycles. The Balaban J connectivity index is 1.63. The number of pyridine rings is 1. The van der Waals surface area contributed by atoms with Crippen LogP contribution >= 0.6 is 22.7 Å². The topological polar surface area (TPSA) is 49.3 Å². The molecule has 3 aromatic heterocycles. The highest BCUT2D eigenvalue weighted by molar-refractivity contribution is 7.22. The van der Waals surface area contributed by atoms with Gasteiger partial charge in [-0.2, -0.15) is 0 Å². The van der Waals surface area contributed by atoms with Crippen molar-refractivity contribution in [1.82, 2.24) is 14.9 Å². The summed E-state index contributed by atoms with van der Waals surface area (Å²) in [7, 11) is 4.11. The van der Waals surface area contributed by atoms with Gasteiger partial charge in [0.05, 0.1) is 31.9 Å². The van der Waals surface area contributed by atoms with Crippen molar-refractivity contribution in [2.24, 2.45) is 0 Å². The number of carbonyl (C=O) groups excluding carboxylic acids is 1. The van der Waals surface area contributed by atoms with E-state index in [1.54, 1.807) is 22.7 Å². The Hall–Kier alpha value is -3.13. The third-order valence-electron chi connectivity index (χ3n) is 5.99. The summed E-state index contributed by atoms with van der Waals surface area (Å²) >= 11 is 3.23. The molecule has 0 aliphatic heterocycles. The molecule has 2 aromatic carbocycles. The summed E-state index contributed by atoms with van der Waals surface area (Å²) in [6.45, 7) is 5.68. The minimum atomic E-state index is -0.0337. The number of thiazole rings is 1. The Morgan fingerprint density at radius 2 is 1.77 bits per heavy atom. The lowest BCUT2D eigenvalue weighted by atomic mass is 10.1. The Kier molecular flexibility index (Phi) is 6.65. The number of rotatable bonds is 7. The number of amides is 1. The molecule has 0 unspecified atom stereocenters. The van der Waals surface area contributed by atoms with Crippen LogP contribution < -0.4 is 4.90 Å². The first-order valence-electron chi connectivity index (χ1n) is 11.7. The lowest BCUT2D eigenvalue weighted by Gasteiger charge is -2.22. The molecular formula is C28H28N4OS2. The van der Waals surface area contributed by atoms with E-state index in [4.69, 9.17) is 9.97 Å². The van der Waals surface area contributed by atoms with Crippen molar-refractivity contribution in [3.05, 3.63) is 76.7 Å². The van der Waals surface area contributed by atoms with Crippen LogP contribution in [0.3, 0.4) is 0 Å². The molecule has 0 aliphatic rings. The highest BCUT2D eigenvalue weighted by Gasteiger charge is 2.24. The number of nitrogens with zero attached hydrogens (tertiary/aromatic N) is 4. The van der Waals surface area contributed by atoms with Gasteiger partial charge in [0.25, 0.3) is 5.91 Å². The fourth-order valence-corrected chi connectivity index (χ4v) is 6.08. The summed E-state index contributed by atoms with van der Waals surface area (Å²) < 4.78 is 1.13. The number of thiophene rings is 1. The maximum absolute atomic E-state index is 14.2. The van der Waals surface area contributed by atoms with E-state index >= 15 is 0 Å². The Labute approximate surface area is 213 Å². The van der Waals surface area contributed by atoms with E-state index in [0.29, 0.717) is 12.1 Å². The number of hydrogen-bond donors (Lipinski definition) is 0. The number of aryl methyl sites for hydroxylation is 2. The third kappa shape index (κ3) is 4.85. The van der Waals surface area contributed by atoms with E-state index in [1.807, 2.05) is 52.7 Å². The summed E-state index contributed by atoms with van der Waals surface area (Å²) in [5.41, 5.74) is 5.64. The molecule has 1 amide bonds. The van der Waals surface area contributed by atoms with Gasteiger partial charge in [0.1, 0.15) is 0 Å². The van der Waals surface area contributed by atoms with Gasteiger partial charge < -0.3 is 4.90 Å². The molecule has 0 radical (unpaired) electrons. The van der Waals surface area contributed by atoms with Gasteiger partial charge >= 0.3 is 0 Å². The molecule has 0 bridgehead atoms. The summed E-state index contributed by atoms with van der Waals surface area (Å²) in [4.78, 5) is 29.1. The zero-order valence-corrected chi connectivity index (χ0v) is 22.0. The fraction of sp³-hybridized carbons (Fsp3) is 0.250. The number of aromatic nitrogens is 2. The van der Waals surface area contributed by atoms with Crippen molar-refractivity contribution in [1.29, 1.82) is 0 Å². The standard InChI is InChI=1S/C28H28N4OS2/c1-18-15-19(2)26-24(16-18)30-28(35-26)32(13-8-12-31(3)4)27(33)21-17-23(25-11-7-14-34-25)29-22-10-6-5-9-20(21)22/h5-7,9-11,14-17H,8,12-13H2,1-4H3. The first-order chi connectivity index (χ1) is 16.9. The second-order valence-electron chi connectivity index (χ2n) is 9.09. The van der Waals surface area contributed by atoms with Crippen molar-refractivity contribution in [2.45, 2.75) is 20.3 Å². The van der Waals surface area contributed by atoms with Gasteiger partial charge in [0.2, 0.25) is 0 Å². The Morgan fingerprint density at radius 1 is 0.943 bits per heavy atom. The van der Waals surface area contributed by atoms with E-state index in [2.05, 4.69) is 45.0 Å². The number of hydrogen-bond acceptors (Lipinski definition) is 6. The second-order valence-corrected chi connectivity index (χ2v) is 11.0.